The highest BCUT2D eigenvalue weighted by atomic mass is 16.2. The second-order valence-corrected chi connectivity index (χ2v) is 5.11. The lowest BCUT2D eigenvalue weighted by molar-refractivity contribution is -0.131. The molecular formula is C12H23N3O. The van der Waals surface area contributed by atoms with Crippen LogP contribution in [0, 0.1) is 0 Å². The maximum absolute atomic E-state index is 11.8. The molecule has 0 aromatic rings. The maximum Gasteiger partial charge on any atom is 0.236 e. The van der Waals surface area contributed by atoms with Crippen molar-refractivity contribution in [2.75, 3.05) is 26.7 Å². The molecule has 1 aliphatic carbocycles. The maximum atomic E-state index is 11.8. The fourth-order valence-electron chi connectivity index (χ4n) is 2.56. The number of carbonyl (C=O) groups is 1. The van der Waals surface area contributed by atoms with E-state index >= 15 is 0 Å². The Morgan fingerprint density at radius 2 is 2.12 bits per heavy atom. The van der Waals surface area contributed by atoms with Crippen molar-refractivity contribution >= 4 is 5.91 Å². The molecule has 0 bridgehead atoms. The van der Waals surface area contributed by atoms with E-state index in [0.29, 0.717) is 12.1 Å². The van der Waals surface area contributed by atoms with Gasteiger partial charge in [-0.3, -0.25) is 4.79 Å². The van der Waals surface area contributed by atoms with E-state index < -0.39 is 0 Å². The number of amides is 1. The van der Waals surface area contributed by atoms with Gasteiger partial charge in [0.1, 0.15) is 0 Å². The van der Waals surface area contributed by atoms with Crippen LogP contribution < -0.4 is 5.73 Å². The van der Waals surface area contributed by atoms with Crippen molar-refractivity contribution in [1.29, 1.82) is 0 Å². The minimum Gasteiger partial charge on any atom is -0.337 e. The SMILES string of the molecule is CN1CCCC[C@H]1CN(C(=O)CN)C1CC1. The van der Waals surface area contributed by atoms with Crippen molar-refractivity contribution in [3.63, 3.8) is 0 Å². The molecule has 1 heterocycles. The summed E-state index contributed by atoms with van der Waals surface area (Å²) >= 11 is 0. The van der Waals surface area contributed by atoms with Crippen molar-refractivity contribution in [3.05, 3.63) is 0 Å². The summed E-state index contributed by atoms with van der Waals surface area (Å²) in [6.07, 6.45) is 6.15. The minimum atomic E-state index is 0.126. The highest BCUT2D eigenvalue weighted by Crippen LogP contribution is 2.28. The first-order valence-corrected chi connectivity index (χ1v) is 6.42. The molecule has 0 radical (unpaired) electrons. The Morgan fingerprint density at radius 1 is 1.38 bits per heavy atom. The van der Waals surface area contributed by atoms with Crippen molar-refractivity contribution in [2.45, 2.75) is 44.2 Å². The average Bonchev–Trinajstić information content (AvgIpc) is 3.11. The zero-order valence-corrected chi connectivity index (χ0v) is 10.2. The fourth-order valence-corrected chi connectivity index (χ4v) is 2.56. The molecule has 0 unspecified atom stereocenters. The van der Waals surface area contributed by atoms with E-state index in [1.165, 1.54) is 38.6 Å². The first-order valence-electron chi connectivity index (χ1n) is 6.42. The van der Waals surface area contributed by atoms with E-state index in [4.69, 9.17) is 5.73 Å². The van der Waals surface area contributed by atoms with Crippen LogP contribution in [0.15, 0.2) is 0 Å². The van der Waals surface area contributed by atoms with Crippen LogP contribution in [0.3, 0.4) is 0 Å². The van der Waals surface area contributed by atoms with Crippen molar-refractivity contribution in [3.8, 4) is 0 Å². The number of rotatable bonds is 4. The van der Waals surface area contributed by atoms with Gasteiger partial charge in [-0.05, 0) is 39.3 Å². The summed E-state index contributed by atoms with van der Waals surface area (Å²) in [6.45, 7) is 2.21. The Bertz CT molecular complexity index is 253. The Labute approximate surface area is 97.8 Å². The smallest absolute Gasteiger partial charge is 0.236 e. The zero-order valence-electron chi connectivity index (χ0n) is 10.2. The number of likely N-dealkylation sites (N-methyl/N-ethyl adjacent to an activating group) is 1. The third kappa shape index (κ3) is 2.74. The van der Waals surface area contributed by atoms with E-state index in [1.54, 1.807) is 0 Å². The van der Waals surface area contributed by atoms with E-state index in [9.17, 15) is 4.79 Å². The lowest BCUT2D eigenvalue weighted by Gasteiger charge is -2.36. The summed E-state index contributed by atoms with van der Waals surface area (Å²) in [5.41, 5.74) is 5.47. The van der Waals surface area contributed by atoms with Gasteiger partial charge in [0.2, 0.25) is 5.91 Å². The highest BCUT2D eigenvalue weighted by Gasteiger charge is 2.34. The second kappa shape index (κ2) is 5.15. The molecule has 1 atom stereocenters. The van der Waals surface area contributed by atoms with Crippen molar-refractivity contribution in [1.82, 2.24) is 9.80 Å². The molecule has 1 amide bonds. The quantitative estimate of drug-likeness (QED) is 0.754. The van der Waals surface area contributed by atoms with Crippen LogP contribution in [-0.2, 0) is 4.79 Å². The average molecular weight is 225 g/mol. The molecular weight excluding hydrogens is 202 g/mol. The summed E-state index contributed by atoms with van der Waals surface area (Å²) in [5, 5.41) is 0. The van der Waals surface area contributed by atoms with E-state index in [-0.39, 0.29) is 12.5 Å². The van der Waals surface area contributed by atoms with Crippen LogP contribution in [0.1, 0.15) is 32.1 Å². The van der Waals surface area contributed by atoms with Crippen molar-refractivity contribution in [2.24, 2.45) is 5.73 Å². The van der Waals surface area contributed by atoms with Gasteiger partial charge in [-0.25, -0.2) is 0 Å². The molecule has 0 aromatic carbocycles. The fraction of sp³-hybridized carbons (Fsp3) is 0.917. The van der Waals surface area contributed by atoms with Gasteiger partial charge in [-0.2, -0.15) is 0 Å². The summed E-state index contributed by atoms with van der Waals surface area (Å²) in [6, 6.07) is 1.04. The summed E-state index contributed by atoms with van der Waals surface area (Å²) in [7, 11) is 2.17. The second-order valence-electron chi connectivity index (χ2n) is 5.11. The van der Waals surface area contributed by atoms with E-state index in [1.807, 2.05) is 4.90 Å². The Morgan fingerprint density at radius 3 is 2.69 bits per heavy atom. The van der Waals surface area contributed by atoms with Gasteiger partial charge in [0.25, 0.3) is 0 Å². The van der Waals surface area contributed by atoms with Gasteiger partial charge in [0.05, 0.1) is 6.54 Å². The van der Waals surface area contributed by atoms with Gasteiger partial charge >= 0.3 is 0 Å². The number of nitrogens with two attached hydrogens (primary N) is 1. The molecule has 16 heavy (non-hydrogen) atoms. The van der Waals surface area contributed by atoms with Crippen molar-refractivity contribution < 1.29 is 4.79 Å². The third-order valence-electron chi connectivity index (χ3n) is 3.81. The molecule has 1 aliphatic heterocycles. The van der Waals surface area contributed by atoms with Gasteiger partial charge in [-0.15, -0.1) is 0 Å². The van der Waals surface area contributed by atoms with Crippen LogP contribution in [0.5, 0.6) is 0 Å². The van der Waals surface area contributed by atoms with E-state index in [0.717, 1.165) is 6.54 Å². The molecule has 4 nitrogen and oxygen atoms in total. The lowest BCUT2D eigenvalue weighted by Crippen LogP contribution is -2.48. The van der Waals surface area contributed by atoms with E-state index in [2.05, 4.69) is 11.9 Å². The van der Waals surface area contributed by atoms with Crippen LogP contribution in [0.4, 0.5) is 0 Å². The Kier molecular flexibility index (Phi) is 3.82. The topological polar surface area (TPSA) is 49.6 Å². The van der Waals surface area contributed by atoms with Crippen LogP contribution in [-0.4, -0.2) is 54.5 Å². The number of hydrogen-bond donors (Lipinski definition) is 1. The van der Waals surface area contributed by atoms with Gasteiger partial charge in [0, 0.05) is 18.6 Å². The van der Waals surface area contributed by atoms with Gasteiger partial charge in [0.15, 0.2) is 0 Å². The predicted molar refractivity (Wildman–Crippen MR) is 64.1 cm³/mol. The summed E-state index contributed by atoms with van der Waals surface area (Å²) in [5.74, 6) is 0.126. The largest absolute Gasteiger partial charge is 0.337 e. The molecule has 2 N–H and O–H groups in total. The monoisotopic (exact) mass is 225 g/mol. The van der Waals surface area contributed by atoms with Crippen LogP contribution in [0.25, 0.3) is 0 Å². The molecule has 0 aromatic heterocycles. The lowest BCUT2D eigenvalue weighted by atomic mass is 10.0. The molecule has 92 valence electrons. The van der Waals surface area contributed by atoms with Crippen LogP contribution in [0.2, 0.25) is 0 Å². The standard InChI is InChI=1S/C12H23N3O/c1-14-7-3-2-4-11(14)9-15(10-5-6-10)12(16)8-13/h10-11H,2-9,13H2,1H3/t11-/m0/s1. The number of piperidine rings is 1. The first-order chi connectivity index (χ1) is 7.72. The zero-order chi connectivity index (χ0) is 11.5. The molecule has 1 saturated heterocycles. The van der Waals surface area contributed by atoms with Gasteiger partial charge in [-0.1, -0.05) is 6.42 Å². The third-order valence-corrected chi connectivity index (χ3v) is 3.81. The normalized spacial score (nSPS) is 26.8. The summed E-state index contributed by atoms with van der Waals surface area (Å²) in [4.78, 5) is 16.2. The van der Waals surface area contributed by atoms with Gasteiger partial charge < -0.3 is 15.5 Å². The molecule has 2 rings (SSSR count). The number of nitrogens with zero attached hydrogens (tertiary/aromatic N) is 2. The highest BCUT2D eigenvalue weighted by molar-refractivity contribution is 5.78. The predicted octanol–water partition coefficient (Wildman–Crippen LogP) is 0.420. The summed E-state index contributed by atoms with van der Waals surface area (Å²) < 4.78 is 0. The number of hydrogen-bond acceptors (Lipinski definition) is 3. The first kappa shape index (κ1) is 11.9. The number of carbonyl (C=O) groups excluding carboxylic acids is 1. The minimum absolute atomic E-state index is 0.126. The molecule has 2 fully saturated rings. The van der Waals surface area contributed by atoms with Crippen LogP contribution >= 0.6 is 0 Å². The molecule has 0 spiro atoms. The Balaban J connectivity index is 1.91. The Hall–Kier alpha value is -0.610. The molecule has 1 saturated carbocycles. The number of likely N-dealkylation sites (tertiary alicyclic amines) is 1. The molecule has 2 aliphatic rings. The molecule has 4 heteroatoms.